The first-order valence-electron chi connectivity index (χ1n) is 14.6. The highest BCUT2D eigenvalue weighted by Gasteiger charge is 2.30. The number of carbonyl (C=O) groups excluding carboxylic acids is 3. The highest BCUT2D eigenvalue weighted by atomic mass is 16.5. The molecule has 0 aliphatic carbocycles. The third-order valence-electron chi connectivity index (χ3n) is 7.13. The van der Waals surface area contributed by atoms with Gasteiger partial charge in [-0.2, -0.15) is 0 Å². The van der Waals surface area contributed by atoms with Gasteiger partial charge in [-0.3, -0.25) is 14.4 Å². The molecule has 3 rings (SSSR count). The minimum absolute atomic E-state index is 0.157. The van der Waals surface area contributed by atoms with Crippen LogP contribution in [0.1, 0.15) is 75.8 Å². The maximum atomic E-state index is 14.0. The lowest BCUT2D eigenvalue weighted by Gasteiger charge is -2.29. The third-order valence-corrected chi connectivity index (χ3v) is 7.13. The molecule has 0 saturated carbocycles. The fourth-order valence-corrected chi connectivity index (χ4v) is 4.90. The summed E-state index contributed by atoms with van der Waals surface area (Å²) < 4.78 is 5.48. The summed E-state index contributed by atoms with van der Waals surface area (Å²) >= 11 is 0. The lowest BCUT2D eigenvalue weighted by molar-refractivity contribution is -0.150. The Morgan fingerprint density at radius 2 is 1.51 bits per heavy atom. The van der Waals surface area contributed by atoms with Gasteiger partial charge in [-0.25, -0.2) is 0 Å². The van der Waals surface area contributed by atoms with Crippen LogP contribution in [0.15, 0.2) is 60.7 Å². The van der Waals surface area contributed by atoms with Gasteiger partial charge < -0.3 is 20.3 Å². The second kappa shape index (κ2) is 17.4. The molecule has 7 nitrogen and oxygen atoms in total. The van der Waals surface area contributed by atoms with Crippen LogP contribution in [0.4, 0.5) is 0 Å². The fraction of sp³-hybridized carbons (Fsp3) is 0.531. The zero-order chi connectivity index (χ0) is 27.7. The molecule has 0 radical (unpaired) electrons. The Kier molecular flexibility index (Phi) is 13.5. The molecular formula is C32H45N3O4. The monoisotopic (exact) mass is 535 g/mol. The molecule has 1 heterocycles. The van der Waals surface area contributed by atoms with Crippen molar-refractivity contribution in [3.63, 3.8) is 0 Å². The summed E-state index contributed by atoms with van der Waals surface area (Å²) in [5.41, 5.74) is 1.86. The number of rotatable bonds is 9. The number of nitrogens with one attached hydrogen (secondary N) is 2. The zero-order valence-corrected chi connectivity index (χ0v) is 23.4. The predicted molar refractivity (Wildman–Crippen MR) is 154 cm³/mol. The Hall–Kier alpha value is -3.19. The number of benzene rings is 2. The Bertz CT molecular complexity index is 999. The van der Waals surface area contributed by atoms with Crippen molar-refractivity contribution in [1.29, 1.82) is 0 Å². The number of unbranched alkanes of at least 4 members (excludes halogenated alkanes) is 3. The van der Waals surface area contributed by atoms with E-state index in [0.717, 1.165) is 75.5 Å². The normalized spacial score (nSPS) is 20.3. The molecule has 212 valence electrons. The number of hydrogen-bond donors (Lipinski definition) is 2. The summed E-state index contributed by atoms with van der Waals surface area (Å²) in [6.07, 6.45) is 9.10. The highest BCUT2D eigenvalue weighted by molar-refractivity contribution is 5.91. The predicted octanol–water partition coefficient (Wildman–Crippen LogP) is 4.79. The summed E-state index contributed by atoms with van der Waals surface area (Å²) in [4.78, 5) is 41.9. The summed E-state index contributed by atoms with van der Waals surface area (Å²) in [6.45, 7) is 3.36. The lowest BCUT2D eigenvalue weighted by atomic mass is 10.0. The van der Waals surface area contributed by atoms with Gasteiger partial charge in [-0.1, -0.05) is 106 Å². The standard InChI is InChI=1S/C32H45N3O4/c1-2-3-4-13-20-28-31(37)34-29(23-26-16-9-7-10-17-26)32(38)35(24-27-18-11-8-12-19-27)25-30(36)39-22-15-6-5-14-21-33-28/h7-12,16-19,28-29,33H,2-6,13-15,20-25H2,1H3,(H,34,37). The van der Waals surface area contributed by atoms with Crippen LogP contribution in [0.3, 0.4) is 0 Å². The van der Waals surface area contributed by atoms with Crippen LogP contribution in [-0.4, -0.2) is 54.5 Å². The van der Waals surface area contributed by atoms with Gasteiger partial charge >= 0.3 is 5.97 Å². The number of cyclic esters (lactones) is 1. The minimum atomic E-state index is -0.802. The van der Waals surface area contributed by atoms with Crippen LogP contribution < -0.4 is 10.6 Å². The Balaban J connectivity index is 1.86. The summed E-state index contributed by atoms with van der Waals surface area (Å²) in [6, 6.07) is 18.1. The molecule has 2 aromatic rings. The molecule has 1 fully saturated rings. The van der Waals surface area contributed by atoms with Crippen molar-refractivity contribution >= 4 is 17.8 Å². The van der Waals surface area contributed by atoms with E-state index >= 15 is 0 Å². The second-order valence-electron chi connectivity index (χ2n) is 10.4. The third kappa shape index (κ3) is 11.2. The molecule has 2 atom stereocenters. The molecule has 39 heavy (non-hydrogen) atoms. The minimum Gasteiger partial charge on any atom is -0.464 e. The second-order valence-corrected chi connectivity index (χ2v) is 10.4. The molecule has 1 aliphatic rings. The van der Waals surface area contributed by atoms with E-state index in [1.165, 1.54) is 4.90 Å². The van der Waals surface area contributed by atoms with Crippen LogP contribution in [0.5, 0.6) is 0 Å². The van der Waals surface area contributed by atoms with Crippen molar-refractivity contribution in [3.05, 3.63) is 71.8 Å². The number of esters is 1. The first-order valence-corrected chi connectivity index (χ1v) is 14.6. The van der Waals surface area contributed by atoms with Gasteiger partial charge in [-0.15, -0.1) is 0 Å². The first-order chi connectivity index (χ1) is 19.1. The molecule has 0 spiro atoms. The highest BCUT2D eigenvalue weighted by Crippen LogP contribution is 2.13. The smallest absolute Gasteiger partial charge is 0.325 e. The van der Waals surface area contributed by atoms with E-state index in [-0.39, 0.29) is 30.9 Å². The van der Waals surface area contributed by atoms with E-state index < -0.39 is 12.0 Å². The van der Waals surface area contributed by atoms with Crippen LogP contribution in [0.2, 0.25) is 0 Å². The van der Waals surface area contributed by atoms with Gasteiger partial charge in [0.25, 0.3) is 0 Å². The van der Waals surface area contributed by atoms with Crippen molar-refractivity contribution in [2.45, 2.75) is 89.8 Å². The van der Waals surface area contributed by atoms with Crippen molar-refractivity contribution in [1.82, 2.24) is 15.5 Å². The SMILES string of the molecule is CCCCCCC1NCCCCCCOC(=O)CN(Cc2ccccc2)C(=O)C(Cc2ccccc2)NC1=O. The average molecular weight is 536 g/mol. The van der Waals surface area contributed by atoms with Crippen LogP contribution in [-0.2, 0) is 32.1 Å². The molecule has 0 bridgehead atoms. The number of amides is 2. The molecule has 2 N–H and O–H groups in total. The van der Waals surface area contributed by atoms with Gasteiger partial charge in [0.2, 0.25) is 11.8 Å². The average Bonchev–Trinajstić information content (AvgIpc) is 2.95. The van der Waals surface area contributed by atoms with Crippen LogP contribution >= 0.6 is 0 Å². The van der Waals surface area contributed by atoms with E-state index in [9.17, 15) is 14.4 Å². The van der Waals surface area contributed by atoms with Crippen molar-refractivity contribution in [3.8, 4) is 0 Å². The van der Waals surface area contributed by atoms with E-state index in [1.54, 1.807) is 0 Å². The summed E-state index contributed by atoms with van der Waals surface area (Å²) in [7, 11) is 0. The van der Waals surface area contributed by atoms with Gasteiger partial charge in [0.1, 0.15) is 12.6 Å². The summed E-state index contributed by atoms with van der Waals surface area (Å²) in [5.74, 6) is -0.869. The molecular weight excluding hydrogens is 490 g/mol. The number of nitrogens with zero attached hydrogens (tertiary/aromatic N) is 1. The maximum Gasteiger partial charge on any atom is 0.325 e. The fourth-order valence-electron chi connectivity index (χ4n) is 4.90. The Morgan fingerprint density at radius 1 is 0.821 bits per heavy atom. The topological polar surface area (TPSA) is 87.7 Å². The Labute approximate surface area is 233 Å². The molecule has 1 saturated heterocycles. The molecule has 2 unspecified atom stereocenters. The molecule has 2 aromatic carbocycles. The van der Waals surface area contributed by atoms with Gasteiger partial charge in [0.15, 0.2) is 0 Å². The largest absolute Gasteiger partial charge is 0.464 e. The van der Waals surface area contributed by atoms with Crippen molar-refractivity contribution in [2.24, 2.45) is 0 Å². The van der Waals surface area contributed by atoms with E-state index in [0.29, 0.717) is 13.0 Å². The van der Waals surface area contributed by atoms with E-state index in [1.807, 2.05) is 60.7 Å². The van der Waals surface area contributed by atoms with Crippen LogP contribution in [0, 0.1) is 0 Å². The zero-order valence-electron chi connectivity index (χ0n) is 23.4. The molecule has 1 aliphatic heterocycles. The van der Waals surface area contributed by atoms with Gasteiger partial charge in [0.05, 0.1) is 12.6 Å². The van der Waals surface area contributed by atoms with Crippen LogP contribution in [0.25, 0.3) is 0 Å². The molecule has 2 amide bonds. The molecule has 0 aromatic heterocycles. The lowest BCUT2D eigenvalue weighted by Crippen LogP contribution is -2.55. The number of carbonyl (C=O) groups is 3. The first kappa shape index (κ1) is 30.4. The quantitative estimate of drug-likeness (QED) is 0.356. The van der Waals surface area contributed by atoms with E-state index in [4.69, 9.17) is 4.74 Å². The molecule has 7 heteroatoms. The Morgan fingerprint density at radius 3 is 2.23 bits per heavy atom. The van der Waals surface area contributed by atoms with Crippen molar-refractivity contribution in [2.75, 3.05) is 19.7 Å². The number of hydrogen-bond acceptors (Lipinski definition) is 5. The van der Waals surface area contributed by atoms with E-state index in [2.05, 4.69) is 17.6 Å². The maximum absolute atomic E-state index is 14.0. The van der Waals surface area contributed by atoms with Crippen molar-refractivity contribution < 1.29 is 19.1 Å². The summed E-state index contributed by atoms with van der Waals surface area (Å²) in [5, 5.41) is 6.54. The van der Waals surface area contributed by atoms with Gasteiger partial charge in [-0.05, 0) is 36.9 Å². The van der Waals surface area contributed by atoms with Gasteiger partial charge in [0, 0.05) is 13.0 Å². The number of ether oxygens (including phenoxy) is 1.